The first-order valence-electron chi connectivity index (χ1n) is 10.5. The van der Waals surface area contributed by atoms with Gasteiger partial charge in [0.2, 0.25) is 5.91 Å². The molecule has 0 saturated carbocycles. The highest BCUT2D eigenvalue weighted by Gasteiger charge is 2.54. The third-order valence-electron chi connectivity index (χ3n) is 5.31. The predicted octanol–water partition coefficient (Wildman–Crippen LogP) is 1.55. The molecule has 0 bridgehead atoms. The summed E-state index contributed by atoms with van der Waals surface area (Å²) in [7, 11) is 0. The van der Waals surface area contributed by atoms with E-state index in [1.165, 1.54) is 39.8 Å². The number of carbonyl (C=O) groups excluding carboxylic acids is 2. The molecule has 1 aromatic heterocycles. The van der Waals surface area contributed by atoms with Gasteiger partial charge in [0.1, 0.15) is 28.2 Å². The van der Waals surface area contributed by atoms with E-state index in [1.54, 1.807) is 24.3 Å². The largest absolute Gasteiger partial charge is 0.481 e. The van der Waals surface area contributed by atoms with Crippen molar-refractivity contribution in [3.8, 4) is 0 Å². The Kier molecular flexibility index (Phi) is 8.24. The monoisotopic (exact) mass is 567 g/mol. The molecule has 1 fully saturated rings. The van der Waals surface area contributed by atoms with Gasteiger partial charge < -0.3 is 21.3 Å². The van der Waals surface area contributed by atoms with Crippen molar-refractivity contribution in [1.82, 2.24) is 20.4 Å². The van der Waals surface area contributed by atoms with Crippen molar-refractivity contribution in [3.05, 3.63) is 46.1 Å². The van der Waals surface area contributed by atoms with Crippen LogP contribution in [0.15, 0.2) is 44.8 Å². The standard InChI is InChI=1S/C21H21N5O6S4/c1-9-24-25-21(36-9)35-7-11-6-34-19-15(18(30)26(19)16(11)20(31)32)23-17(29)14(22)10-2-4-12(5-3-10)33-8-13(27)28/h2-5,14-15,19H,6-8,22H2,1H3,(H,23,29)(H,27,28)(H,31,32)/t14?,15?,19-/m0/s1. The number of aryl methyl sites for hydroxylation is 1. The van der Waals surface area contributed by atoms with Crippen molar-refractivity contribution in [2.75, 3.05) is 17.3 Å². The lowest BCUT2D eigenvalue weighted by atomic mass is 10.0. The van der Waals surface area contributed by atoms with Crippen molar-refractivity contribution < 1.29 is 29.4 Å². The van der Waals surface area contributed by atoms with Gasteiger partial charge in [-0.25, -0.2) is 4.79 Å². The molecule has 0 radical (unpaired) electrons. The van der Waals surface area contributed by atoms with Crippen molar-refractivity contribution >= 4 is 70.4 Å². The fraction of sp³-hybridized carbons (Fsp3) is 0.333. The SMILES string of the molecule is Cc1nnc(SCC2=C(C(=O)O)N3C(=O)C(NC(=O)C(N)c4ccc(SCC(=O)O)cc4)[C@@H]3SC2)s1. The normalized spacial score (nSPS) is 19.9. The number of carboxylic acid groups (broad SMARTS) is 2. The smallest absolute Gasteiger partial charge is 0.352 e. The molecule has 3 heterocycles. The van der Waals surface area contributed by atoms with Gasteiger partial charge in [-0.2, -0.15) is 0 Å². The molecule has 15 heteroatoms. The Morgan fingerprint density at radius 3 is 2.56 bits per heavy atom. The topological polar surface area (TPSA) is 176 Å². The molecule has 5 N–H and O–H groups in total. The minimum absolute atomic E-state index is 0.0539. The fourth-order valence-corrected chi connectivity index (χ4v) is 7.51. The summed E-state index contributed by atoms with van der Waals surface area (Å²) >= 11 is 5.32. The van der Waals surface area contributed by atoms with Crippen LogP contribution in [-0.4, -0.2) is 77.7 Å². The Morgan fingerprint density at radius 2 is 1.94 bits per heavy atom. The molecule has 190 valence electrons. The Balaban J connectivity index is 1.39. The summed E-state index contributed by atoms with van der Waals surface area (Å²) in [5.74, 6) is -2.51. The van der Waals surface area contributed by atoms with Crippen molar-refractivity contribution in [2.45, 2.75) is 33.6 Å². The summed E-state index contributed by atoms with van der Waals surface area (Å²) < 4.78 is 0.722. The summed E-state index contributed by atoms with van der Waals surface area (Å²) in [4.78, 5) is 50.3. The van der Waals surface area contributed by atoms with E-state index in [1.807, 2.05) is 6.92 Å². The Hall–Kier alpha value is -2.59. The molecule has 4 rings (SSSR count). The number of thioether (sulfide) groups is 3. The Morgan fingerprint density at radius 1 is 1.22 bits per heavy atom. The highest BCUT2D eigenvalue weighted by atomic mass is 32.2. The summed E-state index contributed by atoms with van der Waals surface area (Å²) in [5.41, 5.74) is 7.14. The van der Waals surface area contributed by atoms with Gasteiger partial charge in [0.05, 0.1) is 5.75 Å². The minimum Gasteiger partial charge on any atom is -0.481 e. The average Bonchev–Trinajstić information content (AvgIpc) is 3.28. The number of amides is 2. The number of carboxylic acids is 2. The third-order valence-corrected chi connectivity index (χ3v) is 9.70. The second-order valence-corrected chi connectivity index (χ2v) is 12.3. The zero-order valence-electron chi connectivity index (χ0n) is 18.7. The maximum atomic E-state index is 12.9. The fourth-order valence-electron chi connectivity index (χ4n) is 3.59. The first-order chi connectivity index (χ1) is 17.2. The number of hydrogen-bond donors (Lipinski definition) is 4. The van der Waals surface area contributed by atoms with Crippen LogP contribution in [0.3, 0.4) is 0 Å². The summed E-state index contributed by atoms with van der Waals surface area (Å²) in [6.45, 7) is 1.83. The number of carbonyl (C=O) groups is 4. The minimum atomic E-state index is -1.19. The number of fused-ring (bicyclic) bond motifs is 1. The maximum absolute atomic E-state index is 12.9. The Labute approximate surface area is 222 Å². The second kappa shape index (κ2) is 11.2. The van der Waals surface area contributed by atoms with Crippen LogP contribution in [0, 0.1) is 6.92 Å². The van der Waals surface area contributed by atoms with E-state index in [0.29, 0.717) is 22.6 Å². The molecule has 2 aliphatic heterocycles. The van der Waals surface area contributed by atoms with Gasteiger partial charge in [0, 0.05) is 16.4 Å². The highest BCUT2D eigenvalue weighted by Crippen LogP contribution is 2.42. The summed E-state index contributed by atoms with van der Waals surface area (Å²) in [6.07, 6.45) is 0. The molecule has 11 nitrogen and oxygen atoms in total. The van der Waals surface area contributed by atoms with Crippen molar-refractivity contribution in [2.24, 2.45) is 5.73 Å². The van der Waals surface area contributed by atoms with Crippen LogP contribution in [0.4, 0.5) is 0 Å². The second-order valence-electron chi connectivity index (χ2n) is 7.76. The number of β-lactam (4-membered cyclic amide) rings is 1. The van der Waals surface area contributed by atoms with Crippen LogP contribution < -0.4 is 11.1 Å². The van der Waals surface area contributed by atoms with Crippen molar-refractivity contribution in [3.63, 3.8) is 0 Å². The predicted molar refractivity (Wildman–Crippen MR) is 137 cm³/mol. The molecule has 0 aliphatic carbocycles. The third kappa shape index (κ3) is 5.70. The lowest BCUT2D eigenvalue weighted by molar-refractivity contribution is -0.150. The van der Waals surface area contributed by atoms with Crippen LogP contribution in [-0.2, 0) is 19.2 Å². The summed E-state index contributed by atoms with van der Waals surface area (Å²) in [6, 6.07) is 4.69. The van der Waals surface area contributed by atoms with Gasteiger partial charge in [-0.05, 0) is 30.2 Å². The van der Waals surface area contributed by atoms with E-state index in [0.717, 1.165) is 26.0 Å². The molecule has 36 heavy (non-hydrogen) atoms. The van der Waals surface area contributed by atoms with Gasteiger partial charge in [-0.1, -0.05) is 35.2 Å². The molecule has 1 aromatic carbocycles. The zero-order valence-corrected chi connectivity index (χ0v) is 22.0. The van der Waals surface area contributed by atoms with Gasteiger partial charge in [0.25, 0.3) is 5.91 Å². The number of aromatic nitrogens is 2. The van der Waals surface area contributed by atoms with Crippen LogP contribution >= 0.6 is 46.6 Å². The van der Waals surface area contributed by atoms with E-state index in [9.17, 15) is 24.3 Å². The first kappa shape index (κ1) is 26.5. The number of nitrogens with one attached hydrogen (secondary N) is 1. The molecular weight excluding hydrogens is 547 g/mol. The summed E-state index contributed by atoms with van der Waals surface area (Å²) in [5, 5.41) is 29.5. The molecule has 0 spiro atoms. The van der Waals surface area contributed by atoms with E-state index < -0.39 is 41.2 Å². The first-order valence-corrected chi connectivity index (χ1v) is 14.3. The lowest BCUT2D eigenvalue weighted by Crippen LogP contribution is -2.71. The number of aliphatic carboxylic acids is 2. The number of nitrogens with two attached hydrogens (primary N) is 1. The lowest BCUT2D eigenvalue weighted by Gasteiger charge is -2.49. The number of nitrogens with zero attached hydrogens (tertiary/aromatic N) is 3. The molecular formula is C21H21N5O6S4. The molecule has 2 unspecified atom stereocenters. The highest BCUT2D eigenvalue weighted by molar-refractivity contribution is 8.02. The number of benzene rings is 1. The molecule has 2 aliphatic rings. The van der Waals surface area contributed by atoms with Crippen LogP contribution in [0.5, 0.6) is 0 Å². The van der Waals surface area contributed by atoms with E-state index in [2.05, 4.69) is 15.5 Å². The quantitative estimate of drug-likeness (QED) is 0.241. The van der Waals surface area contributed by atoms with Gasteiger partial charge in [-0.3, -0.25) is 19.3 Å². The molecule has 3 atom stereocenters. The van der Waals surface area contributed by atoms with E-state index in [4.69, 9.17) is 10.8 Å². The van der Waals surface area contributed by atoms with Crippen LogP contribution in [0.25, 0.3) is 0 Å². The number of rotatable bonds is 10. The van der Waals surface area contributed by atoms with Crippen LogP contribution in [0.1, 0.15) is 16.6 Å². The Bertz CT molecular complexity index is 1230. The average molecular weight is 568 g/mol. The molecule has 2 amide bonds. The van der Waals surface area contributed by atoms with Crippen molar-refractivity contribution in [1.29, 1.82) is 0 Å². The van der Waals surface area contributed by atoms with Crippen LogP contribution in [0.2, 0.25) is 0 Å². The van der Waals surface area contributed by atoms with Gasteiger partial charge >= 0.3 is 11.9 Å². The molecule has 2 aromatic rings. The zero-order chi connectivity index (χ0) is 26.0. The molecule has 1 saturated heterocycles. The van der Waals surface area contributed by atoms with E-state index >= 15 is 0 Å². The van der Waals surface area contributed by atoms with E-state index in [-0.39, 0.29) is 11.4 Å². The van der Waals surface area contributed by atoms with Gasteiger partial charge in [0.15, 0.2) is 4.34 Å². The maximum Gasteiger partial charge on any atom is 0.352 e. The number of hydrogen-bond acceptors (Lipinski definition) is 11. The van der Waals surface area contributed by atoms with Gasteiger partial charge in [-0.15, -0.1) is 33.7 Å².